The number of hydrogen-bond acceptors (Lipinski definition) is 2. The molecule has 1 atom stereocenters. The molecule has 3 rings (SSSR count). The van der Waals surface area contributed by atoms with E-state index >= 15 is 0 Å². The molecule has 0 bridgehead atoms. The van der Waals surface area contributed by atoms with Crippen LogP contribution in [0.5, 0.6) is 0 Å². The van der Waals surface area contributed by atoms with E-state index in [2.05, 4.69) is 6.92 Å². The van der Waals surface area contributed by atoms with Crippen molar-refractivity contribution in [1.82, 2.24) is 0 Å². The van der Waals surface area contributed by atoms with Crippen molar-refractivity contribution >= 4 is 5.78 Å². The van der Waals surface area contributed by atoms with Crippen molar-refractivity contribution < 1.29 is 9.90 Å². The van der Waals surface area contributed by atoms with E-state index in [9.17, 15) is 9.90 Å². The van der Waals surface area contributed by atoms with Gasteiger partial charge >= 0.3 is 0 Å². The Morgan fingerprint density at radius 3 is 2.83 bits per heavy atom. The molecular formula is C16H18O2. The van der Waals surface area contributed by atoms with Gasteiger partial charge in [-0.3, -0.25) is 4.79 Å². The van der Waals surface area contributed by atoms with Crippen LogP contribution in [0.25, 0.3) is 0 Å². The highest BCUT2D eigenvalue weighted by Crippen LogP contribution is 2.41. The molecule has 2 heteroatoms. The van der Waals surface area contributed by atoms with E-state index in [4.69, 9.17) is 0 Å². The van der Waals surface area contributed by atoms with E-state index in [1.807, 2.05) is 18.2 Å². The Morgan fingerprint density at radius 2 is 2.06 bits per heavy atom. The summed E-state index contributed by atoms with van der Waals surface area (Å²) in [5, 5.41) is 10.5. The van der Waals surface area contributed by atoms with E-state index < -0.39 is 6.10 Å². The molecule has 0 saturated carbocycles. The van der Waals surface area contributed by atoms with Gasteiger partial charge in [-0.05, 0) is 48.8 Å². The molecule has 2 nitrogen and oxygen atoms in total. The van der Waals surface area contributed by atoms with Crippen LogP contribution in [-0.4, -0.2) is 10.9 Å². The summed E-state index contributed by atoms with van der Waals surface area (Å²) in [6, 6.07) is 5.88. The number of fused-ring (bicyclic) bond motifs is 1. The molecule has 1 aromatic rings. The maximum Gasteiger partial charge on any atom is 0.189 e. The van der Waals surface area contributed by atoms with Crippen LogP contribution in [-0.2, 0) is 6.42 Å². The molecule has 94 valence electrons. The second-order valence-electron chi connectivity index (χ2n) is 5.22. The van der Waals surface area contributed by atoms with E-state index in [1.165, 1.54) is 5.56 Å². The minimum absolute atomic E-state index is 0.146. The first-order chi connectivity index (χ1) is 8.72. The van der Waals surface area contributed by atoms with Crippen LogP contribution in [0.2, 0.25) is 0 Å². The third-order valence-electron chi connectivity index (χ3n) is 4.18. The molecule has 0 fully saturated rings. The predicted molar refractivity (Wildman–Crippen MR) is 70.6 cm³/mol. The van der Waals surface area contributed by atoms with E-state index in [0.717, 1.165) is 48.8 Å². The first-order valence-electron chi connectivity index (χ1n) is 6.80. The van der Waals surface area contributed by atoms with Gasteiger partial charge < -0.3 is 5.11 Å². The normalized spacial score (nSPS) is 22.8. The lowest BCUT2D eigenvalue weighted by Crippen LogP contribution is -2.23. The molecule has 0 amide bonds. The Balaban J connectivity index is 2.14. The zero-order valence-corrected chi connectivity index (χ0v) is 10.7. The standard InChI is InChI=1S/C16H18O2/c1-2-10-7-8-13-14(9-10)16(18)12-6-4-3-5-11(12)15(13)17/h7-9,16,18H,2-6H2,1H3. The summed E-state index contributed by atoms with van der Waals surface area (Å²) in [6.07, 6.45) is 4.24. The lowest BCUT2D eigenvalue weighted by molar-refractivity contribution is 0.0999. The first-order valence-corrected chi connectivity index (χ1v) is 6.80. The third-order valence-corrected chi connectivity index (χ3v) is 4.18. The topological polar surface area (TPSA) is 37.3 Å². The van der Waals surface area contributed by atoms with Crippen molar-refractivity contribution in [3.8, 4) is 0 Å². The van der Waals surface area contributed by atoms with Gasteiger partial charge in [0.25, 0.3) is 0 Å². The molecule has 0 aromatic heterocycles. The number of aliphatic hydroxyl groups is 1. The Bertz CT molecular complexity index is 540. The Hall–Kier alpha value is -1.41. The summed E-state index contributed by atoms with van der Waals surface area (Å²) < 4.78 is 0. The van der Waals surface area contributed by atoms with Gasteiger partial charge in [0.15, 0.2) is 5.78 Å². The summed E-state index contributed by atoms with van der Waals surface area (Å²) in [7, 11) is 0. The molecule has 1 N–H and O–H groups in total. The molecule has 0 saturated heterocycles. The van der Waals surface area contributed by atoms with Crippen LogP contribution in [0, 0.1) is 0 Å². The van der Waals surface area contributed by atoms with Crippen LogP contribution in [0.3, 0.4) is 0 Å². The fourth-order valence-corrected chi connectivity index (χ4v) is 3.11. The number of allylic oxidation sites excluding steroid dienone is 1. The zero-order chi connectivity index (χ0) is 12.7. The quantitative estimate of drug-likeness (QED) is 0.820. The number of hydrogen-bond donors (Lipinski definition) is 1. The number of carbonyl (C=O) groups is 1. The number of aryl methyl sites for hydroxylation is 1. The van der Waals surface area contributed by atoms with Crippen molar-refractivity contribution in [2.24, 2.45) is 0 Å². The molecule has 1 unspecified atom stereocenters. The number of carbonyl (C=O) groups excluding carboxylic acids is 1. The van der Waals surface area contributed by atoms with Gasteiger partial charge in [-0.1, -0.05) is 25.1 Å². The highest BCUT2D eigenvalue weighted by molar-refractivity contribution is 6.11. The van der Waals surface area contributed by atoms with Crippen molar-refractivity contribution in [3.05, 3.63) is 46.0 Å². The van der Waals surface area contributed by atoms with Gasteiger partial charge in [0.05, 0.1) is 0 Å². The second-order valence-corrected chi connectivity index (χ2v) is 5.22. The largest absolute Gasteiger partial charge is 0.384 e. The molecule has 18 heavy (non-hydrogen) atoms. The van der Waals surface area contributed by atoms with Gasteiger partial charge in [-0.15, -0.1) is 0 Å². The predicted octanol–water partition coefficient (Wildman–Crippen LogP) is 3.35. The number of ketones is 1. The van der Waals surface area contributed by atoms with E-state index in [1.54, 1.807) is 0 Å². The maximum absolute atomic E-state index is 12.4. The highest BCUT2D eigenvalue weighted by atomic mass is 16.3. The van der Waals surface area contributed by atoms with E-state index in [-0.39, 0.29) is 5.78 Å². The average molecular weight is 242 g/mol. The molecule has 0 radical (unpaired) electrons. The number of benzene rings is 1. The molecular weight excluding hydrogens is 224 g/mol. The minimum Gasteiger partial charge on any atom is -0.384 e. The number of Topliss-reactive ketones (excluding diaryl/α,β-unsaturated/α-hetero) is 1. The summed E-state index contributed by atoms with van der Waals surface area (Å²) in [6.45, 7) is 2.09. The molecule has 1 aromatic carbocycles. The second kappa shape index (κ2) is 4.36. The lowest BCUT2D eigenvalue weighted by Gasteiger charge is -2.30. The van der Waals surface area contributed by atoms with Crippen molar-refractivity contribution in [1.29, 1.82) is 0 Å². The SMILES string of the molecule is CCc1ccc2c(c1)C(O)C1=C(CCCC1)C2=O. The van der Waals surface area contributed by atoms with Gasteiger partial charge in [-0.25, -0.2) is 0 Å². The molecule has 2 aliphatic rings. The Labute approximate surface area is 107 Å². The summed E-state index contributed by atoms with van der Waals surface area (Å²) in [4.78, 5) is 12.4. The van der Waals surface area contributed by atoms with Crippen molar-refractivity contribution in [3.63, 3.8) is 0 Å². The van der Waals surface area contributed by atoms with Gasteiger partial charge in [0.2, 0.25) is 0 Å². The van der Waals surface area contributed by atoms with Gasteiger partial charge in [0.1, 0.15) is 6.10 Å². The van der Waals surface area contributed by atoms with Crippen LogP contribution < -0.4 is 0 Å². The van der Waals surface area contributed by atoms with Crippen molar-refractivity contribution in [2.45, 2.75) is 45.1 Å². The van der Waals surface area contributed by atoms with Gasteiger partial charge in [0, 0.05) is 11.1 Å². The van der Waals surface area contributed by atoms with Gasteiger partial charge in [-0.2, -0.15) is 0 Å². The lowest BCUT2D eigenvalue weighted by atomic mass is 9.76. The van der Waals surface area contributed by atoms with Crippen LogP contribution in [0.4, 0.5) is 0 Å². The first kappa shape index (κ1) is 11.7. The average Bonchev–Trinajstić information content (AvgIpc) is 2.44. The monoisotopic (exact) mass is 242 g/mol. The molecule has 0 aliphatic heterocycles. The van der Waals surface area contributed by atoms with Crippen LogP contribution in [0.15, 0.2) is 29.3 Å². The third kappa shape index (κ3) is 1.64. The van der Waals surface area contributed by atoms with Crippen molar-refractivity contribution in [2.75, 3.05) is 0 Å². The summed E-state index contributed by atoms with van der Waals surface area (Å²) in [5.74, 6) is 0.146. The fraction of sp³-hybridized carbons (Fsp3) is 0.438. The smallest absolute Gasteiger partial charge is 0.189 e. The molecule has 2 aliphatic carbocycles. The van der Waals surface area contributed by atoms with E-state index in [0.29, 0.717) is 5.56 Å². The maximum atomic E-state index is 12.4. The molecule has 0 heterocycles. The number of aliphatic hydroxyl groups excluding tert-OH is 1. The zero-order valence-electron chi connectivity index (χ0n) is 10.7. The fourth-order valence-electron chi connectivity index (χ4n) is 3.11. The Kier molecular flexibility index (Phi) is 2.83. The summed E-state index contributed by atoms with van der Waals surface area (Å²) in [5.41, 5.74) is 4.57. The summed E-state index contributed by atoms with van der Waals surface area (Å²) >= 11 is 0. The number of rotatable bonds is 1. The van der Waals surface area contributed by atoms with Crippen LogP contribution in [0.1, 0.15) is 60.2 Å². The Morgan fingerprint density at radius 1 is 1.28 bits per heavy atom. The minimum atomic E-state index is -0.556. The molecule has 0 spiro atoms. The highest BCUT2D eigenvalue weighted by Gasteiger charge is 2.33. The van der Waals surface area contributed by atoms with Crippen LogP contribution >= 0.6 is 0 Å².